The molecule has 0 aromatic rings. The van der Waals surface area contributed by atoms with Crippen LogP contribution in [0.25, 0.3) is 0 Å². The molecule has 0 radical (unpaired) electrons. The van der Waals surface area contributed by atoms with Crippen molar-refractivity contribution in [2.45, 2.75) is 25.7 Å². The third-order valence-corrected chi connectivity index (χ3v) is 3.95. The lowest BCUT2D eigenvalue weighted by molar-refractivity contribution is -0.143. The largest absolute Gasteiger partial charge is 0.481 e. The average Bonchev–Trinajstić information content (AvgIpc) is 3.17. The van der Waals surface area contributed by atoms with Gasteiger partial charge in [-0.15, -0.1) is 0 Å². The maximum absolute atomic E-state index is 11.6. The Bertz CT molecular complexity index is 486. The molecule has 0 aromatic carbocycles. The van der Waals surface area contributed by atoms with E-state index in [0.29, 0.717) is 19.3 Å². The van der Waals surface area contributed by atoms with Crippen LogP contribution in [0.3, 0.4) is 0 Å². The van der Waals surface area contributed by atoms with Crippen LogP contribution in [0, 0.1) is 5.41 Å². The van der Waals surface area contributed by atoms with Gasteiger partial charge in [-0.25, -0.2) is 4.79 Å². The average molecular weight is 297 g/mol. The van der Waals surface area contributed by atoms with Gasteiger partial charge in [0.15, 0.2) is 0 Å². The maximum atomic E-state index is 11.6. The van der Waals surface area contributed by atoms with E-state index in [1.165, 1.54) is 4.90 Å². The summed E-state index contributed by atoms with van der Waals surface area (Å²) in [6.45, 7) is 0.428. The van der Waals surface area contributed by atoms with E-state index in [-0.39, 0.29) is 43.9 Å². The third-order valence-electron chi connectivity index (χ3n) is 3.95. The topological polar surface area (TPSA) is 107 Å². The summed E-state index contributed by atoms with van der Waals surface area (Å²) >= 11 is 0. The Hall–Kier alpha value is -2.12. The van der Waals surface area contributed by atoms with E-state index in [0.717, 1.165) is 4.90 Å². The quantitative estimate of drug-likeness (QED) is 0.624. The molecule has 1 saturated heterocycles. The number of carboxylic acid groups (broad SMARTS) is 1. The Balaban J connectivity index is 1.67. The molecule has 2 N–H and O–H groups in total. The number of carboxylic acids is 1. The Morgan fingerprint density at radius 1 is 1.33 bits per heavy atom. The van der Waals surface area contributed by atoms with Crippen molar-refractivity contribution in [3.63, 3.8) is 0 Å². The number of likely N-dealkylation sites (N-methyl/N-ethyl adjacent to an activating group) is 1. The first-order chi connectivity index (χ1) is 9.85. The second kappa shape index (κ2) is 5.71. The lowest BCUT2D eigenvalue weighted by atomic mass is 10.1. The highest BCUT2D eigenvalue weighted by Gasteiger charge is 2.50. The summed E-state index contributed by atoms with van der Waals surface area (Å²) in [6.07, 6.45) is 1.71. The van der Waals surface area contributed by atoms with Crippen molar-refractivity contribution in [1.82, 2.24) is 15.1 Å². The molecular weight excluding hydrogens is 278 g/mol. The van der Waals surface area contributed by atoms with Gasteiger partial charge in [0.25, 0.3) is 0 Å². The predicted octanol–water partition coefficient (Wildman–Crippen LogP) is -0.358. The molecule has 8 heteroatoms. The highest BCUT2D eigenvalue weighted by atomic mass is 16.4. The summed E-state index contributed by atoms with van der Waals surface area (Å²) in [5, 5.41) is 11.6. The fraction of sp³-hybridized carbons (Fsp3) is 0.692. The van der Waals surface area contributed by atoms with E-state index in [9.17, 15) is 19.2 Å². The van der Waals surface area contributed by atoms with E-state index in [4.69, 9.17) is 5.11 Å². The molecule has 0 unspecified atom stereocenters. The fourth-order valence-corrected chi connectivity index (χ4v) is 2.26. The predicted molar refractivity (Wildman–Crippen MR) is 71.3 cm³/mol. The SMILES string of the molecule is CN1CC(=O)N(CCCC(=O)NCC2(C(=O)O)CC2)C1=O. The van der Waals surface area contributed by atoms with E-state index in [1.54, 1.807) is 7.05 Å². The molecule has 2 aliphatic rings. The van der Waals surface area contributed by atoms with Crippen LogP contribution in [0.1, 0.15) is 25.7 Å². The zero-order valence-electron chi connectivity index (χ0n) is 11.9. The molecule has 8 nitrogen and oxygen atoms in total. The molecule has 0 aromatic heterocycles. The minimum atomic E-state index is -0.876. The number of nitrogens with one attached hydrogen (secondary N) is 1. The number of imide groups is 1. The first kappa shape index (κ1) is 15.3. The molecular formula is C13H19N3O5. The maximum Gasteiger partial charge on any atom is 0.326 e. The zero-order valence-corrected chi connectivity index (χ0v) is 11.9. The van der Waals surface area contributed by atoms with Crippen molar-refractivity contribution in [2.75, 3.05) is 26.7 Å². The molecule has 1 aliphatic carbocycles. The Morgan fingerprint density at radius 3 is 2.48 bits per heavy atom. The number of carbonyl (C=O) groups is 4. The van der Waals surface area contributed by atoms with Crippen LogP contribution in [-0.4, -0.2) is 65.4 Å². The zero-order chi connectivity index (χ0) is 15.6. The first-order valence-corrected chi connectivity index (χ1v) is 6.91. The van der Waals surface area contributed by atoms with Crippen molar-refractivity contribution in [3.05, 3.63) is 0 Å². The summed E-state index contributed by atoms with van der Waals surface area (Å²) < 4.78 is 0. The summed E-state index contributed by atoms with van der Waals surface area (Å²) in [7, 11) is 1.55. The third kappa shape index (κ3) is 3.32. The van der Waals surface area contributed by atoms with E-state index in [2.05, 4.69) is 5.32 Å². The van der Waals surface area contributed by atoms with Gasteiger partial charge in [0, 0.05) is 26.6 Å². The highest BCUT2D eigenvalue weighted by Crippen LogP contribution is 2.45. The van der Waals surface area contributed by atoms with Gasteiger partial charge in [-0.2, -0.15) is 0 Å². The van der Waals surface area contributed by atoms with E-state index >= 15 is 0 Å². The van der Waals surface area contributed by atoms with Gasteiger partial charge in [0.2, 0.25) is 11.8 Å². The molecule has 1 aliphatic heterocycles. The summed E-state index contributed by atoms with van der Waals surface area (Å²) in [6, 6.07) is -0.344. The van der Waals surface area contributed by atoms with Crippen LogP contribution in [0.2, 0.25) is 0 Å². The van der Waals surface area contributed by atoms with E-state index < -0.39 is 11.4 Å². The van der Waals surface area contributed by atoms with Crippen LogP contribution >= 0.6 is 0 Å². The van der Waals surface area contributed by atoms with E-state index in [1.807, 2.05) is 0 Å². The molecule has 21 heavy (non-hydrogen) atoms. The number of aliphatic carboxylic acids is 1. The first-order valence-electron chi connectivity index (χ1n) is 6.91. The van der Waals surface area contributed by atoms with Crippen LogP contribution in [0.4, 0.5) is 4.79 Å². The number of rotatable bonds is 7. The van der Waals surface area contributed by atoms with Gasteiger partial charge < -0.3 is 15.3 Å². The van der Waals surface area contributed by atoms with Gasteiger partial charge in [0.05, 0.1) is 5.41 Å². The van der Waals surface area contributed by atoms with Crippen LogP contribution in [-0.2, 0) is 14.4 Å². The second-order valence-electron chi connectivity index (χ2n) is 5.65. The van der Waals surface area contributed by atoms with Crippen molar-refractivity contribution in [2.24, 2.45) is 5.41 Å². The molecule has 0 spiro atoms. The number of urea groups is 1. The van der Waals surface area contributed by atoms with Crippen molar-refractivity contribution >= 4 is 23.8 Å². The normalized spacial score (nSPS) is 19.9. The summed E-state index contributed by atoms with van der Waals surface area (Å²) in [4.78, 5) is 48.2. The van der Waals surface area contributed by atoms with Gasteiger partial charge in [-0.05, 0) is 19.3 Å². The number of amides is 4. The number of nitrogens with zero attached hydrogens (tertiary/aromatic N) is 2. The number of hydrogen-bond donors (Lipinski definition) is 2. The van der Waals surface area contributed by atoms with Gasteiger partial charge in [0.1, 0.15) is 6.54 Å². The van der Waals surface area contributed by atoms with Gasteiger partial charge >= 0.3 is 12.0 Å². The Morgan fingerprint density at radius 2 is 2.00 bits per heavy atom. The minimum absolute atomic E-state index is 0.0756. The fourth-order valence-electron chi connectivity index (χ4n) is 2.26. The Kier molecular flexibility index (Phi) is 4.15. The molecule has 1 saturated carbocycles. The van der Waals surface area contributed by atoms with Crippen LogP contribution in [0.5, 0.6) is 0 Å². The van der Waals surface area contributed by atoms with Gasteiger partial charge in [-0.3, -0.25) is 19.3 Å². The van der Waals surface area contributed by atoms with Crippen molar-refractivity contribution < 1.29 is 24.3 Å². The van der Waals surface area contributed by atoms with Crippen molar-refractivity contribution in [1.29, 1.82) is 0 Å². The number of hydrogen-bond acceptors (Lipinski definition) is 4. The summed E-state index contributed by atoms with van der Waals surface area (Å²) in [5.74, 6) is -1.39. The molecule has 1 heterocycles. The summed E-state index contributed by atoms with van der Waals surface area (Å²) in [5.41, 5.74) is -0.779. The molecule has 2 fully saturated rings. The second-order valence-corrected chi connectivity index (χ2v) is 5.65. The standard InChI is InChI=1S/C13H19N3O5/c1-15-7-10(18)16(12(15)21)6-2-3-9(17)14-8-13(4-5-13)11(19)20/h2-8H2,1H3,(H,14,17)(H,19,20). The monoisotopic (exact) mass is 297 g/mol. The van der Waals surface area contributed by atoms with Crippen LogP contribution < -0.4 is 5.32 Å². The van der Waals surface area contributed by atoms with Gasteiger partial charge in [-0.1, -0.05) is 0 Å². The minimum Gasteiger partial charge on any atom is -0.481 e. The van der Waals surface area contributed by atoms with Crippen molar-refractivity contribution in [3.8, 4) is 0 Å². The molecule has 116 valence electrons. The highest BCUT2D eigenvalue weighted by molar-refractivity contribution is 6.01. The van der Waals surface area contributed by atoms with Crippen LogP contribution in [0.15, 0.2) is 0 Å². The smallest absolute Gasteiger partial charge is 0.326 e. The molecule has 2 rings (SSSR count). The molecule has 4 amide bonds. The molecule has 0 atom stereocenters. The Labute approximate surface area is 122 Å². The lowest BCUT2D eigenvalue weighted by Gasteiger charge is -2.14. The lowest BCUT2D eigenvalue weighted by Crippen LogP contribution is -2.35. The molecule has 0 bridgehead atoms. The number of carbonyl (C=O) groups excluding carboxylic acids is 3.